The molecule has 6 nitrogen and oxygen atoms in total. The topological polar surface area (TPSA) is 65.1 Å². The van der Waals surface area contributed by atoms with Gasteiger partial charge in [0.1, 0.15) is 17.7 Å². The van der Waals surface area contributed by atoms with Crippen molar-refractivity contribution >= 4 is 32.0 Å². The van der Waals surface area contributed by atoms with Crippen molar-refractivity contribution in [2.45, 2.75) is 82.7 Å². The van der Waals surface area contributed by atoms with Crippen LogP contribution in [0.1, 0.15) is 47.0 Å². The molecule has 8 heteroatoms. The molecular weight excluding hydrogens is 418 g/mol. The smallest absolute Gasteiger partial charge is 0.356 e. The van der Waals surface area contributed by atoms with Crippen LogP contribution in [0.4, 0.5) is 0 Å². The fourth-order valence-electron chi connectivity index (χ4n) is 3.88. The van der Waals surface area contributed by atoms with Crippen LogP contribution in [0, 0.1) is 5.92 Å². The number of carbonyl (C=O) groups excluding carboxylic acids is 2. The summed E-state index contributed by atoms with van der Waals surface area (Å²) in [6.07, 6.45) is 3.82. The first-order valence-electron chi connectivity index (χ1n) is 10.8. The molecule has 0 aromatic carbocycles. The number of fused-ring (bicyclic) bond motifs is 1. The fraction of sp³-hybridized carbons (Fsp3) is 0.727. The normalized spacial score (nSPS) is 27.7. The first kappa shape index (κ1) is 23.6. The van der Waals surface area contributed by atoms with E-state index in [1.165, 1.54) is 6.08 Å². The van der Waals surface area contributed by atoms with Crippen LogP contribution in [0.2, 0.25) is 18.1 Å². The second-order valence-electron chi connectivity index (χ2n) is 9.67. The molecule has 0 aromatic rings. The number of nitrogens with zero attached hydrogens (tertiary/aromatic N) is 1. The van der Waals surface area contributed by atoms with Gasteiger partial charge in [-0.1, -0.05) is 52.1 Å². The van der Waals surface area contributed by atoms with E-state index in [4.69, 9.17) is 13.9 Å². The third kappa shape index (κ3) is 4.16. The van der Waals surface area contributed by atoms with Crippen LogP contribution in [0.3, 0.4) is 0 Å². The minimum Gasteiger partial charge on any atom is -0.457 e. The predicted molar refractivity (Wildman–Crippen MR) is 121 cm³/mol. The standard InChI is InChI=1S/C22H35NO5SSi/c1-8-12-27-21(25)17-18(15-11-10-13-26-15)29-20-16(19(24)23(17)20)14(9-2)28-30(6,7)22(3,4)5/h8,14-16,20H,1,9-13H2,2-7H3/t14-,15+,16+,20-/m0/s1. The molecule has 30 heavy (non-hydrogen) atoms. The summed E-state index contributed by atoms with van der Waals surface area (Å²) in [6, 6.07) is 0. The van der Waals surface area contributed by atoms with Gasteiger partial charge in [-0.25, -0.2) is 4.79 Å². The van der Waals surface area contributed by atoms with E-state index in [0.717, 1.165) is 24.2 Å². The zero-order valence-corrected chi connectivity index (χ0v) is 20.8. The molecule has 0 bridgehead atoms. The Balaban J connectivity index is 1.84. The lowest BCUT2D eigenvalue weighted by atomic mass is 9.89. The van der Waals surface area contributed by atoms with Crippen molar-refractivity contribution in [3.63, 3.8) is 0 Å². The monoisotopic (exact) mass is 453 g/mol. The Labute approximate surface area is 185 Å². The van der Waals surface area contributed by atoms with Crippen molar-refractivity contribution in [3.8, 4) is 0 Å². The first-order valence-corrected chi connectivity index (χ1v) is 14.6. The van der Waals surface area contributed by atoms with E-state index in [0.29, 0.717) is 12.3 Å². The van der Waals surface area contributed by atoms with Gasteiger partial charge in [0.2, 0.25) is 5.91 Å². The largest absolute Gasteiger partial charge is 0.457 e. The number of thioether (sulfide) groups is 1. The Morgan fingerprint density at radius 2 is 2.13 bits per heavy atom. The lowest BCUT2D eigenvalue weighted by Crippen LogP contribution is -2.63. The molecule has 2 fully saturated rings. The molecule has 0 unspecified atom stereocenters. The predicted octanol–water partition coefficient (Wildman–Crippen LogP) is 4.44. The van der Waals surface area contributed by atoms with Crippen LogP contribution in [0.5, 0.6) is 0 Å². The van der Waals surface area contributed by atoms with Crippen molar-refractivity contribution in [1.29, 1.82) is 0 Å². The first-order chi connectivity index (χ1) is 14.0. The molecule has 168 valence electrons. The van der Waals surface area contributed by atoms with E-state index in [2.05, 4.69) is 47.4 Å². The number of carbonyl (C=O) groups is 2. The second-order valence-corrected chi connectivity index (χ2v) is 15.6. The molecule has 0 radical (unpaired) electrons. The maximum atomic E-state index is 13.3. The maximum absolute atomic E-state index is 13.3. The molecule has 1 amide bonds. The van der Waals surface area contributed by atoms with E-state index in [1.54, 1.807) is 16.7 Å². The number of hydrogen-bond donors (Lipinski definition) is 0. The molecule has 0 aliphatic carbocycles. The van der Waals surface area contributed by atoms with Crippen molar-refractivity contribution in [1.82, 2.24) is 4.90 Å². The summed E-state index contributed by atoms with van der Waals surface area (Å²) < 4.78 is 17.8. The lowest BCUT2D eigenvalue weighted by Gasteiger charge is -2.49. The number of esters is 1. The molecule has 3 aliphatic rings. The SMILES string of the molecule is C=CCOC(=O)C1=C([C@H]2CCCO2)S[C@H]2[C@H]([C@H](CC)O[Si](C)(C)C(C)(C)C)C(=O)N12. The van der Waals surface area contributed by atoms with Crippen LogP contribution >= 0.6 is 11.8 Å². The fourth-order valence-corrected chi connectivity index (χ4v) is 6.95. The van der Waals surface area contributed by atoms with Crippen LogP contribution in [0.15, 0.2) is 23.3 Å². The molecule has 4 atom stereocenters. The summed E-state index contributed by atoms with van der Waals surface area (Å²) in [5, 5.41) is -0.0612. The van der Waals surface area contributed by atoms with E-state index >= 15 is 0 Å². The molecule has 0 N–H and O–H groups in total. The molecular formula is C22H35NO5SSi. The Bertz CT molecular complexity index is 738. The third-order valence-corrected chi connectivity index (χ3v) is 12.6. The van der Waals surface area contributed by atoms with Gasteiger partial charge in [0.25, 0.3) is 0 Å². The van der Waals surface area contributed by atoms with Gasteiger partial charge in [0.05, 0.1) is 18.1 Å². The summed E-state index contributed by atoms with van der Waals surface area (Å²) >= 11 is 1.59. The highest BCUT2D eigenvalue weighted by atomic mass is 32.2. The third-order valence-electron chi connectivity index (χ3n) is 6.61. The van der Waals surface area contributed by atoms with Crippen molar-refractivity contribution in [2.24, 2.45) is 5.92 Å². The average Bonchev–Trinajstić information content (AvgIpc) is 3.30. The highest BCUT2D eigenvalue weighted by Crippen LogP contribution is 2.54. The quantitative estimate of drug-likeness (QED) is 0.234. The number of ether oxygens (including phenoxy) is 2. The minimum absolute atomic E-state index is 0.0448. The molecule has 3 rings (SSSR count). The van der Waals surface area contributed by atoms with Crippen LogP contribution in [-0.2, 0) is 23.5 Å². The molecule has 2 saturated heterocycles. The summed E-state index contributed by atoms with van der Waals surface area (Å²) in [6.45, 7) is 17.5. The van der Waals surface area contributed by atoms with E-state index < -0.39 is 14.3 Å². The highest BCUT2D eigenvalue weighted by Gasteiger charge is 2.60. The van der Waals surface area contributed by atoms with E-state index in [-0.39, 0.29) is 41.1 Å². The van der Waals surface area contributed by atoms with Crippen molar-refractivity contribution in [2.75, 3.05) is 13.2 Å². The maximum Gasteiger partial charge on any atom is 0.356 e. The molecule has 0 spiro atoms. The number of hydrogen-bond acceptors (Lipinski definition) is 6. The lowest BCUT2D eigenvalue weighted by molar-refractivity contribution is -0.158. The van der Waals surface area contributed by atoms with Crippen LogP contribution < -0.4 is 0 Å². The molecule has 0 aromatic heterocycles. The van der Waals surface area contributed by atoms with E-state index in [1.807, 2.05) is 0 Å². The average molecular weight is 454 g/mol. The summed E-state index contributed by atoms with van der Waals surface area (Å²) in [7, 11) is -2.03. The summed E-state index contributed by atoms with van der Waals surface area (Å²) in [5.74, 6) is -0.771. The summed E-state index contributed by atoms with van der Waals surface area (Å²) in [5.41, 5.74) is 0.363. The van der Waals surface area contributed by atoms with Gasteiger partial charge in [-0.3, -0.25) is 9.69 Å². The van der Waals surface area contributed by atoms with Crippen molar-refractivity contribution in [3.05, 3.63) is 23.3 Å². The molecule has 3 aliphatic heterocycles. The van der Waals surface area contributed by atoms with Crippen LogP contribution in [-0.4, -0.2) is 55.9 Å². The van der Waals surface area contributed by atoms with Gasteiger partial charge >= 0.3 is 5.97 Å². The van der Waals surface area contributed by atoms with Gasteiger partial charge in [0.15, 0.2) is 8.32 Å². The van der Waals surface area contributed by atoms with Gasteiger partial charge in [0, 0.05) is 11.5 Å². The van der Waals surface area contributed by atoms with Crippen LogP contribution in [0.25, 0.3) is 0 Å². The number of amides is 1. The Hall–Kier alpha value is -1.09. The molecule has 0 saturated carbocycles. The second kappa shape index (κ2) is 8.80. The van der Waals surface area contributed by atoms with Gasteiger partial charge in [-0.15, -0.1) is 0 Å². The highest BCUT2D eigenvalue weighted by molar-refractivity contribution is 8.04. The molecule has 3 heterocycles. The van der Waals surface area contributed by atoms with E-state index in [9.17, 15) is 9.59 Å². The van der Waals surface area contributed by atoms with Gasteiger partial charge < -0.3 is 13.9 Å². The number of β-lactam (4-membered cyclic amide) rings is 1. The Morgan fingerprint density at radius 3 is 2.67 bits per heavy atom. The Morgan fingerprint density at radius 1 is 1.43 bits per heavy atom. The Kier molecular flexibility index (Phi) is 6.92. The minimum atomic E-state index is -2.03. The summed E-state index contributed by atoms with van der Waals surface area (Å²) in [4.78, 5) is 28.5. The zero-order chi connectivity index (χ0) is 22.3. The van der Waals surface area contributed by atoms with Gasteiger partial charge in [-0.05, 0) is 37.4 Å². The zero-order valence-electron chi connectivity index (χ0n) is 19.0. The number of rotatable bonds is 8. The van der Waals surface area contributed by atoms with Crippen molar-refractivity contribution < 1.29 is 23.5 Å². The van der Waals surface area contributed by atoms with Gasteiger partial charge in [-0.2, -0.15) is 0 Å².